The molecule has 1 aromatic rings. The van der Waals surface area contributed by atoms with Gasteiger partial charge in [0.05, 0.1) is 4.92 Å². The van der Waals surface area contributed by atoms with Gasteiger partial charge in [-0.05, 0) is 18.8 Å². The van der Waals surface area contributed by atoms with E-state index in [-0.39, 0.29) is 23.1 Å². The number of carboxylic acids is 1. The zero-order valence-corrected chi connectivity index (χ0v) is 11.2. The van der Waals surface area contributed by atoms with Crippen molar-refractivity contribution in [3.8, 4) is 0 Å². The Morgan fingerprint density at radius 3 is 2.80 bits per heavy atom. The van der Waals surface area contributed by atoms with E-state index in [1.165, 1.54) is 6.42 Å². The number of rotatable bonds is 4. The van der Waals surface area contributed by atoms with Crippen LogP contribution in [0.2, 0.25) is 0 Å². The SMILES string of the molecule is CC1CCCCC1Nc1ncc([N+](=O)[O-])cc1C(=O)O. The highest BCUT2D eigenvalue weighted by molar-refractivity contribution is 5.93. The fraction of sp³-hybridized carbons (Fsp3) is 0.538. The molecule has 0 spiro atoms. The molecule has 0 saturated heterocycles. The topological polar surface area (TPSA) is 105 Å². The van der Waals surface area contributed by atoms with E-state index in [4.69, 9.17) is 5.11 Å². The lowest BCUT2D eigenvalue weighted by Gasteiger charge is -2.30. The number of nitro groups is 1. The predicted molar refractivity (Wildman–Crippen MR) is 72.9 cm³/mol. The van der Waals surface area contributed by atoms with Gasteiger partial charge in [0.1, 0.15) is 17.6 Å². The maximum atomic E-state index is 11.2. The van der Waals surface area contributed by atoms with Crippen molar-refractivity contribution in [1.29, 1.82) is 0 Å². The third kappa shape index (κ3) is 3.04. The minimum absolute atomic E-state index is 0.156. The van der Waals surface area contributed by atoms with Crippen LogP contribution in [0, 0.1) is 16.0 Å². The second-order valence-corrected chi connectivity index (χ2v) is 5.16. The summed E-state index contributed by atoms with van der Waals surface area (Å²) in [5.74, 6) is -0.573. The number of aromatic carboxylic acids is 1. The summed E-state index contributed by atoms with van der Waals surface area (Å²) in [5.41, 5.74) is -0.471. The predicted octanol–water partition coefficient (Wildman–Crippen LogP) is 2.68. The van der Waals surface area contributed by atoms with Crippen molar-refractivity contribution in [3.05, 3.63) is 27.9 Å². The first-order valence-electron chi connectivity index (χ1n) is 6.63. The van der Waals surface area contributed by atoms with E-state index < -0.39 is 10.9 Å². The molecule has 1 aromatic heterocycles. The highest BCUT2D eigenvalue weighted by Gasteiger charge is 2.24. The molecule has 108 valence electrons. The largest absolute Gasteiger partial charge is 0.478 e. The number of hydrogen-bond acceptors (Lipinski definition) is 5. The van der Waals surface area contributed by atoms with Crippen molar-refractivity contribution >= 4 is 17.5 Å². The van der Waals surface area contributed by atoms with Crippen LogP contribution in [-0.2, 0) is 0 Å². The van der Waals surface area contributed by atoms with E-state index in [9.17, 15) is 14.9 Å². The Labute approximate surface area is 116 Å². The van der Waals surface area contributed by atoms with E-state index in [0.29, 0.717) is 5.92 Å². The molecular formula is C13H17N3O4. The van der Waals surface area contributed by atoms with Crippen molar-refractivity contribution in [2.45, 2.75) is 38.6 Å². The van der Waals surface area contributed by atoms with E-state index >= 15 is 0 Å². The summed E-state index contributed by atoms with van der Waals surface area (Å²) in [7, 11) is 0. The average Bonchev–Trinajstić information content (AvgIpc) is 2.41. The van der Waals surface area contributed by atoms with E-state index in [1.807, 2.05) is 0 Å². The summed E-state index contributed by atoms with van der Waals surface area (Å²) >= 11 is 0. The van der Waals surface area contributed by atoms with Crippen LogP contribution in [-0.4, -0.2) is 27.0 Å². The van der Waals surface area contributed by atoms with Gasteiger partial charge in [-0.3, -0.25) is 10.1 Å². The van der Waals surface area contributed by atoms with Gasteiger partial charge in [-0.2, -0.15) is 0 Å². The Morgan fingerprint density at radius 2 is 2.20 bits per heavy atom. The maximum Gasteiger partial charge on any atom is 0.339 e. The summed E-state index contributed by atoms with van der Waals surface area (Å²) in [6.45, 7) is 2.11. The standard InChI is InChI=1S/C13H17N3O4/c1-8-4-2-3-5-11(8)15-12-10(13(17)18)6-9(7-14-12)16(19)20/h6-8,11H,2-5H2,1H3,(H,14,15)(H,17,18). The summed E-state index contributed by atoms with van der Waals surface area (Å²) < 4.78 is 0. The molecule has 1 fully saturated rings. The quantitative estimate of drug-likeness (QED) is 0.648. The number of nitrogens with zero attached hydrogens (tertiary/aromatic N) is 2. The lowest BCUT2D eigenvalue weighted by Crippen LogP contribution is -2.31. The van der Waals surface area contributed by atoms with Gasteiger partial charge in [-0.1, -0.05) is 19.8 Å². The molecule has 0 radical (unpaired) electrons. The molecule has 2 unspecified atom stereocenters. The highest BCUT2D eigenvalue weighted by Crippen LogP contribution is 2.28. The van der Waals surface area contributed by atoms with Crippen LogP contribution in [0.5, 0.6) is 0 Å². The van der Waals surface area contributed by atoms with Crippen molar-refractivity contribution in [1.82, 2.24) is 4.98 Å². The molecule has 0 amide bonds. The molecular weight excluding hydrogens is 262 g/mol. The van der Waals surface area contributed by atoms with Crippen molar-refractivity contribution in [2.24, 2.45) is 5.92 Å². The number of hydrogen-bond donors (Lipinski definition) is 2. The van der Waals surface area contributed by atoms with Crippen LogP contribution in [0.4, 0.5) is 11.5 Å². The summed E-state index contributed by atoms with van der Waals surface area (Å²) in [6.07, 6.45) is 5.41. The number of carbonyl (C=O) groups is 1. The zero-order valence-electron chi connectivity index (χ0n) is 11.2. The molecule has 2 N–H and O–H groups in total. The maximum absolute atomic E-state index is 11.2. The molecule has 1 saturated carbocycles. The van der Waals surface area contributed by atoms with Crippen LogP contribution in [0.15, 0.2) is 12.3 Å². The number of pyridine rings is 1. The molecule has 20 heavy (non-hydrogen) atoms. The Balaban J connectivity index is 2.26. The van der Waals surface area contributed by atoms with Gasteiger partial charge >= 0.3 is 5.97 Å². The van der Waals surface area contributed by atoms with Gasteiger partial charge in [0.2, 0.25) is 0 Å². The number of aromatic nitrogens is 1. The third-order valence-electron chi connectivity index (χ3n) is 3.75. The Hall–Kier alpha value is -2.18. The zero-order chi connectivity index (χ0) is 14.7. The summed E-state index contributed by atoms with van der Waals surface area (Å²) in [5, 5.41) is 23.0. The van der Waals surface area contributed by atoms with Gasteiger partial charge in [-0.25, -0.2) is 9.78 Å². The highest BCUT2D eigenvalue weighted by atomic mass is 16.6. The molecule has 0 aliphatic heterocycles. The van der Waals surface area contributed by atoms with Gasteiger partial charge < -0.3 is 10.4 Å². The third-order valence-corrected chi connectivity index (χ3v) is 3.75. The smallest absolute Gasteiger partial charge is 0.339 e. The first-order valence-corrected chi connectivity index (χ1v) is 6.63. The first-order chi connectivity index (χ1) is 9.49. The van der Waals surface area contributed by atoms with Crippen LogP contribution < -0.4 is 5.32 Å². The molecule has 7 heteroatoms. The molecule has 7 nitrogen and oxygen atoms in total. The minimum Gasteiger partial charge on any atom is -0.478 e. The van der Waals surface area contributed by atoms with Gasteiger partial charge in [0, 0.05) is 12.1 Å². The van der Waals surface area contributed by atoms with Crippen LogP contribution in [0.25, 0.3) is 0 Å². The number of nitrogens with one attached hydrogen (secondary N) is 1. The van der Waals surface area contributed by atoms with E-state index in [1.54, 1.807) is 0 Å². The summed E-state index contributed by atoms with van der Waals surface area (Å²) in [6, 6.07) is 1.21. The summed E-state index contributed by atoms with van der Waals surface area (Å²) in [4.78, 5) is 25.2. The average molecular weight is 279 g/mol. The molecule has 2 atom stereocenters. The molecule has 1 heterocycles. The number of anilines is 1. The van der Waals surface area contributed by atoms with Crippen molar-refractivity contribution in [3.63, 3.8) is 0 Å². The van der Waals surface area contributed by atoms with Crippen LogP contribution in [0.1, 0.15) is 43.0 Å². The fourth-order valence-corrected chi connectivity index (χ4v) is 2.54. The van der Waals surface area contributed by atoms with Crippen LogP contribution >= 0.6 is 0 Å². The van der Waals surface area contributed by atoms with E-state index in [0.717, 1.165) is 31.5 Å². The number of carboxylic acid groups (broad SMARTS) is 1. The minimum atomic E-state index is -1.22. The van der Waals surface area contributed by atoms with Gasteiger partial charge in [0.15, 0.2) is 0 Å². The lowest BCUT2D eigenvalue weighted by molar-refractivity contribution is -0.385. The monoisotopic (exact) mass is 279 g/mol. The van der Waals surface area contributed by atoms with Gasteiger partial charge in [-0.15, -0.1) is 0 Å². The van der Waals surface area contributed by atoms with E-state index in [2.05, 4.69) is 17.2 Å². The Kier molecular flexibility index (Phi) is 4.16. The first kappa shape index (κ1) is 14.2. The second kappa shape index (κ2) is 5.85. The Morgan fingerprint density at radius 1 is 1.50 bits per heavy atom. The van der Waals surface area contributed by atoms with Crippen molar-refractivity contribution < 1.29 is 14.8 Å². The van der Waals surface area contributed by atoms with Crippen LogP contribution in [0.3, 0.4) is 0 Å². The molecule has 2 rings (SSSR count). The Bertz CT molecular complexity index is 532. The lowest BCUT2D eigenvalue weighted by atomic mass is 9.86. The molecule has 1 aliphatic rings. The van der Waals surface area contributed by atoms with Crippen molar-refractivity contribution in [2.75, 3.05) is 5.32 Å². The second-order valence-electron chi connectivity index (χ2n) is 5.16. The normalized spacial score (nSPS) is 22.2. The molecule has 0 bridgehead atoms. The fourth-order valence-electron chi connectivity index (χ4n) is 2.54. The van der Waals surface area contributed by atoms with Gasteiger partial charge in [0.25, 0.3) is 5.69 Å². The molecule has 1 aliphatic carbocycles. The molecule has 0 aromatic carbocycles.